The van der Waals surface area contributed by atoms with Gasteiger partial charge in [0.1, 0.15) is 6.04 Å². The first-order chi connectivity index (χ1) is 12.8. The third-order valence-electron chi connectivity index (χ3n) is 3.83. The van der Waals surface area contributed by atoms with Gasteiger partial charge in [0.2, 0.25) is 15.9 Å². The maximum Gasteiger partial charge on any atom is 0.241 e. The summed E-state index contributed by atoms with van der Waals surface area (Å²) in [6, 6.07) is 14.3. The number of nitrogens with one attached hydrogen (secondary N) is 2. The van der Waals surface area contributed by atoms with Crippen molar-refractivity contribution >= 4 is 31.9 Å². The molecule has 2 atom stereocenters. The molecule has 0 fully saturated rings. The molecule has 0 aliphatic carbocycles. The predicted octanol–water partition coefficient (Wildman–Crippen LogP) is 2.49. The Kier molecular flexibility index (Phi) is 7.97. The fourth-order valence-corrected chi connectivity index (χ4v) is 4.00. The molecule has 0 saturated heterocycles. The van der Waals surface area contributed by atoms with Crippen molar-refractivity contribution in [2.75, 3.05) is 13.7 Å². The number of benzene rings is 2. The standard InChI is InChI=1S/C19H23BrN2O4S/c1-14(13-26-2)21-19(23)18(12-15-6-4-3-5-7-15)22-27(24,25)17-10-8-16(20)9-11-17/h3-11,14,18,22H,12-13H2,1-2H3,(H,21,23)/t14-,18+/m0/s1. The molecule has 146 valence electrons. The molecule has 0 aliphatic rings. The summed E-state index contributed by atoms with van der Waals surface area (Å²) in [5.74, 6) is -0.399. The number of ether oxygens (including phenoxy) is 1. The largest absolute Gasteiger partial charge is 0.383 e. The number of carbonyl (C=O) groups excluding carboxylic acids is 1. The van der Waals surface area contributed by atoms with Crippen LogP contribution in [-0.2, 0) is 26.0 Å². The van der Waals surface area contributed by atoms with Gasteiger partial charge in [0.15, 0.2) is 0 Å². The van der Waals surface area contributed by atoms with Crippen molar-refractivity contribution in [1.29, 1.82) is 0 Å². The smallest absolute Gasteiger partial charge is 0.241 e. The zero-order chi connectivity index (χ0) is 19.9. The highest BCUT2D eigenvalue weighted by Crippen LogP contribution is 2.15. The van der Waals surface area contributed by atoms with Gasteiger partial charge in [-0.3, -0.25) is 4.79 Å². The molecule has 0 heterocycles. The zero-order valence-corrected chi connectivity index (χ0v) is 17.6. The molecular weight excluding hydrogens is 432 g/mol. The van der Waals surface area contributed by atoms with E-state index < -0.39 is 22.0 Å². The fraction of sp³-hybridized carbons (Fsp3) is 0.316. The summed E-state index contributed by atoms with van der Waals surface area (Å²) in [6.07, 6.45) is 0.238. The van der Waals surface area contributed by atoms with Crippen LogP contribution in [-0.4, -0.2) is 40.1 Å². The lowest BCUT2D eigenvalue weighted by Crippen LogP contribution is -2.50. The second-order valence-electron chi connectivity index (χ2n) is 6.18. The van der Waals surface area contributed by atoms with Crippen LogP contribution in [0.5, 0.6) is 0 Å². The predicted molar refractivity (Wildman–Crippen MR) is 108 cm³/mol. The average Bonchev–Trinajstić information content (AvgIpc) is 2.62. The normalized spacial score (nSPS) is 13.7. The van der Waals surface area contributed by atoms with Crippen molar-refractivity contribution in [3.63, 3.8) is 0 Å². The molecule has 8 heteroatoms. The number of carbonyl (C=O) groups is 1. The minimum absolute atomic E-state index is 0.0986. The lowest BCUT2D eigenvalue weighted by molar-refractivity contribution is -0.123. The van der Waals surface area contributed by atoms with E-state index in [2.05, 4.69) is 26.0 Å². The van der Waals surface area contributed by atoms with Gasteiger partial charge in [-0.15, -0.1) is 0 Å². The van der Waals surface area contributed by atoms with Crippen molar-refractivity contribution in [3.05, 3.63) is 64.6 Å². The van der Waals surface area contributed by atoms with Crippen LogP contribution in [0.15, 0.2) is 64.0 Å². The molecule has 0 spiro atoms. The maximum atomic E-state index is 12.7. The Labute approximate surface area is 168 Å². The zero-order valence-electron chi connectivity index (χ0n) is 15.2. The van der Waals surface area contributed by atoms with Crippen molar-refractivity contribution in [1.82, 2.24) is 10.0 Å². The van der Waals surface area contributed by atoms with Gasteiger partial charge in [0.25, 0.3) is 0 Å². The van der Waals surface area contributed by atoms with E-state index in [4.69, 9.17) is 4.74 Å². The van der Waals surface area contributed by atoms with E-state index >= 15 is 0 Å². The lowest BCUT2D eigenvalue weighted by atomic mass is 10.1. The van der Waals surface area contributed by atoms with Crippen molar-refractivity contribution < 1.29 is 17.9 Å². The highest BCUT2D eigenvalue weighted by molar-refractivity contribution is 9.10. The molecule has 0 aromatic heterocycles. The van der Waals surface area contributed by atoms with Crippen molar-refractivity contribution in [2.45, 2.75) is 30.3 Å². The van der Waals surface area contributed by atoms with Gasteiger partial charge in [0, 0.05) is 17.6 Å². The Morgan fingerprint density at radius 3 is 2.33 bits per heavy atom. The van der Waals surface area contributed by atoms with Gasteiger partial charge in [-0.25, -0.2) is 8.42 Å². The van der Waals surface area contributed by atoms with E-state index in [1.165, 1.54) is 12.1 Å². The lowest BCUT2D eigenvalue weighted by Gasteiger charge is -2.21. The molecule has 27 heavy (non-hydrogen) atoms. The molecule has 0 unspecified atom stereocenters. The molecule has 1 amide bonds. The van der Waals surface area contributed by atoms with E-state index in [0.717, 1.165) is 10.0 Å². The minimum Gasteiger partial charge on any atom is -0.383 e. The maximum absolute atomic E-state index is 12.7. The molecule has 0 saturated carbocycles. The van der Waals surface area contributed by atoms with Crippen LogP contribution in [0.4, 0.5) is 0 Å². The highest BCUT2D eigenvalue weighted by Gasteiger charge is 2.27. The van der Waals surface area contributed by atoms with Gasteiger partial charge < -0.3 is 10.1 Å². The molecule has 0 radical (unpaired) electrons. The van der Waals surface area contributed by atoms with Crippen LogP contribution >= 0.6 is 15.9 Å². The Bertz CT molecular complexity index is 842. The quantitative estimate of drug-likeness (QED) is 0.609. The van der Waals surface area contributed by atoms with Gasteiger partial charge >= 0.3 is 0 Å². The molecule has 2 aromatic rings. The third kappa shape index (κ3) is 6.73. The summed E-state index contributed by atoms with van der Waals surface area (Å²) in [7, 11) is -2.31. The second kappa shape index (κ2) is 9.98. The third-order valence-corrected chi connectivity index (χ3v) is 5.84. The number of methoxy groups -OCH3 is 1. The summed E-state index contributed by atoms with van der Waals surface area (Å²) in [5, 5.41) is 2.79. The first kappa shape index (κ1) is 21.6. The van der Waals surface area contributed by atoms with Crippen molar-refractivity contribution in [3.8, 4) is 0 Å². The summed E-state index contributed by atoms with van der Waals surface area (Å²) >= 11 is 3.28. The molecule has 0 bridgehead atoms. The Morgan fingerprint density at radius 1 is 1.11 bits per heavy atom. The Morgan fingerprint density at radius 2 is 1.74 bits per heavy atom. The molecule has 0 aliphatic heterocycles. The monoisotopic (exact) mass is 454 g/mol. The van der Waals surface area contributed by atoms with Crippen LogP contribution in [0.2, 0.25) is 0 Å². The van der Waals surface area contributed by atoms with Crippen LogP contribution < -0.4 is 10.0 Å². The van der Waals surface area contributed by atoms with Crippen LogP contribution in [0.25, 0.3) is 0 Å². The van der Waals surface area contributed by atoms with Gasteiger partial charge in [-0.2, -0.15) is 4.72 Å². The molecule has 2 N–H and O–H groups in total. The topological polar surface area (TPSA) is 84.5 Å². The van der Waals surface area contributed by atoms with Gasteiger partial charge in [0.05, 0.1) is 11.5 Å². The molecular formula is C19H23BrN2O4S. The number of rotatable bonds is 9. The van der Waals surface area contributed by atoms with Crippen LogP contribution in [0, 0.1) is 0 Å². The van der Waals surface area contributed by atoms with Gasteiger partial charge in [-0.05, 0) is 43.2 Å². The van der Waals surface area contributed by atoms with E-state index in [1.807, 2.05) is 30.3 Å². The highest BCUT2D eigenvalue weighted by atomic mass is 79.9. The molecule has 2 rings (SSSR count). The molecule has 2 aromatic carbocycles. The van der Waals surface area contributed by atoms with E-state index in [0.29, 0.717) is 6.61 Å². The fourth-order valence-electron chi connectivity index (χ4n) is 2.54. The number of sulfonamides is 1. The SMILES string of the molecule is COC[C@H](C)NC(=O)[C@@H](Cc1ccccc1)NS(=O)(=O)c1ccc(Br)cc1. The number of amides is 1. The Hall–Kier alpha value is -1.74. The summed E-state index contributed by atoms with van der Waals surface area (Å²) in [6.45, 7) is 2.13. The van der Waals surface area contributed by atoms with E-state index in [9.17, 15) is 13.2 Å². The number of hydrogen-bond donors (Lipinski definition) is 2. The summed E-state index contributed by atoms with van der Waals surface area (Å²) < 4.78 is 33.8. The van der Waals surface area contributed by atoms with Crippen LogP contribution in [0.3, 0.4) is 0 Å². The van der Waals surface area contributed by atoms with E-state index in [1.54, 1.807) is 26.2 Å². The van der Waals surface area contributed by atoms with Crippen LogP contribution in [0.1, 0.15) is 12.5 Å². The van der Waals surface area contributed by atoms with Gasteiger partial charge in [-0.1, -0.05) is 46.3 Å². The first-order valence-corrected chi connectivity index (χ1v) is 10.7. The van der Waals surface area contributed by atoms with Crippen molar-refractivity contribution in [2.24, 2.45) is 0 Å². The summed E-state index contributed by atoms with van der Waals surface area (Å²) in [5.41, 5.74) is 0.857. The van der Waals surface area contributed by atoms with E-state index in [-0.39, 0.29) is 17.4 Å². The summed E-state index contributed by atoms with van der Waals surface area (Å²) in [4.78, 5) is 12.8. The average molecular weight is 455 g/mol. The number of halogens is 1. The number of hydrogen-bond acceptors (Lipinski definition) is 4. The second-order valence-corrected chi connectivity index (χ2v) is 8.81. The minimum atomic E-state index is -3.85. The Balaban J connectivity index is 2.22. The molecule has 6 nitrogen and oxygen atoms in total. The first-order valence-electron chi connectivity index (χ1n) is 8.43.